The number of nitrogens with one attached hydrogen (secondary N) is 2. The van der Waals surface area contributed by atoms with E-state index in [2.05, 4.69) is 10.6 Å². The van der Waals surface area contributed by atoms with Crippen molar-refractivity contribution in [2.45, 2.75) is 12.6 Å². The minimum absolute atomic E-state index is 0.117. The average Bonchev–Trinajstić information content (AvgIpc) is 2.75. The summed E-state index contributed by atoms with van der Waals surface area (Å²) in [6.07, 6.45) is 0. The lowest BCUT2D eigenvalue weighted by atomic mass is 10.1. The fourth-order valence-electron chi connectivity index (χ4n) is 2.33. The van der Waals surface area contributed by atoms with E-state index in [0.717, 1.165) is 0 Å². The molecule has 1 aliphatic rings. The highest BCUT2D eigenvalue weighted by Crippen LogP contribution is 2.34. The first-order valence-corrected chi connectivity index (χ1v) is 6.24. The van der Waals surface area contributed by atoms with Crippen LogP contribution in [0.4, 0.5) is 15.8 Å². The van der Waals surface area contributed by atoms with Gasteiger partial charge in [-0.15, -0.1) is 0 Å². The monoisotopic (exact) mass is 272 g/mol. The zero-order valence-electron chi connectivity index (χ0n) is 10.6. The van der Waals surface area contributed by atoms with Gasteiger partial charge in [-0.25, -0.2) is 4.39 Å². The van der Waals surface area contributed by atoms with Crippen molar-refractivity contribution in [1.29, 1.82) is 0 Å². The van der Waals surface area contributed by atoms with E-state index in [1.807, 2.05) is 12.1 Å². The molecule has 1 aliphatic heterocycles. The second-order valence-electron chi connectivity index (χ2n) is 4.61. The van der Waals surface area contributed by atoms with Crippen molar-refractivity contribution in [2.24, 2.45) is 0 Å². The van der Waals surface area contributed by atoms with Crippen LogP contribution in [0.1, 0.15) is 17.2 Å². The van der Waals surface area contributed by atoms with Gasteiger partial charge in [-0.2, -0.15) is 0 Å². The summed E-state index contributed by atoms with van der Waals surface area (Å²) in [7, 11) is 0. The molecule has 2 aromatic rings. The largest absolute Gasteiger partial charge is 0.392 e. The van der Waals surface area contributed by atoms with Crippen LogP contribution in [0.15, 0.2) is 42.5 Å². The highest BCUT2D eigenvalue weighted by molar-refractivity contribution is 6.04. The second kappa shape index (κ2) is 4.94. The molecule has 2 aromatic carbocycles. The maximum Gasteiger partial charge on any atom is 0.251 e. The molecule has 102 valence electrons. The molecule has 5 heteroatoms. The molecule has 20 heavy (non-hydrogen) atoms. The number of rotatable bonds is 3. The summed E-state index contributed by atoms with van der Waals surface area (Å²) in [5.74, 6) is -0.626. The number of hydrogen-bond donors (Lipinski definition) is 3. The van der Waals surface area contributed by atoms with Crippen LogP contribution in [0.5, 0.6) is 0 Å². The topological polar surface area (TPSA) is 61.4 Å². The van der Waals surface area contributed by atoms with E-state index in [9.17, 15) is 14.3 Å². The number of fused-ring (bicyclic) bond motifs is 1. The molecule has 0 bridgehead atoms. The van der Waals surface area contributed by atoms with Gasteiger partial charge >= 0.3 is 0 Å². The molecule has 3 rings (SSSR count). The highest BCUT2D eigenvalue weighted by Gasteiger charge is 2.30. The number of anilines is 2. The van der Waals surface area contributed by atoms with E-state index in [1.165, 1.54) is 12.1 Å². The second-order valence-corrected chi connectivity index (χ2v) is 4.61. The van der Waals surface area contributed by atoms with E-state index >= 15 is 0 Å². The number of carbonyl (C=O) groups excluding carboxylic acids is 1. The van der Waals surface area contributed by atoms with Crippen molar-refractivity contribution in [3.05, 3.63) is 59.4 Å². The average molecular weight is 272 g/mol. The zero-order valence-corrected chi connectivity index (χ0v) is 10.6. The van der Waals surface area contributed by atoms with Crippen LogP contribution in [0.3, 0.4) is 0 Å². The molecule has 0 radical (unpaired) electrons. The van der Waals surface area contributed by atoms with Gasteiger partial charge in [-0.1, -0.05) is 24.3 Å². The van der Waals surface area contributed by atoms with Crippen LogP contribution >= 0.6 is 0 Å². The van der Waals surface area contributed by atoms with Crippen molar-refractivity contribution in [2.75, 3.05) is 10.6 Å². The standard InChI is InChI=1S/C15H13FN2O2/c16-10-5-6-11-13(7-10)18-15(20)14(11)17-12-4-2-1-3-9(12)8-19/h1-7,14,17,19H,8H2,(H,18,20). The molecule has 0 aliphatic carbocycles. The van der Waals surface area contributed by atoms with Gasteiger partial charge in [0.05, 0.1) is 6.61 Å². The number of para-hydroxylation sites is 1. The summed E-state index contributed by atoms with van der Waals surface area (Å²) in [6.45, 7) is -0.117. The maximum atomic E-state index is 13.2. The third-order valence-electron chi connectivity index (χ3n) is 3.33. The van der Waals surface area contributed by atoms with Gasteiger partial charge in [0, 0.05) is 22.5 Å². The molecule has 0 fully saturated rings. The third-order valence-corrected chi connectivity index (χ3v) is 3.33. The Bertz CT molecular complexity index is 673. The molecule has 1 amide bonds. The summed E-state index contributed by atoms with van der Waals surface area (Å²) >= 11 is 0. The van der Waals surface area contributed by atoms with E-state index < -0.39 is 6.04 Å². The van der Waals surface area contributed by atoms with Crippen molar-refractivity contribution in [3.63, 3.8) is 0 Å². The Kier molecular flexibility index (Phi) is 3.12. The number of hydrogen-bond acceptors (Lipinski definition) is 3. The summed E-state index contributed by atoms with van der Waals surface area (Å²) in [6, 6.07) is 10.8. The van der Waals surface area contributed by atoms with Crippen LogP contribution in [0.25, 0.3) is 0 Å². The predicted octanol–water partition coefficient (Wildman–Crippen LogP) is 2.42. The molecular weight excluding hydrogens is 259 g/mol. The Morgan fingerprint density at radius 1 is 1.25 bits per heavy atom. The summed E-state index contributed by atoms with van der Waals surface area (Å²) in [4.78, 5) is 12.0. The van der Waals surface area contributed by atoms with E-state index in [-0.39, 0.29) is 18.3 Å². The quantitative estimate of drug-likeness (QED) is 0.804. The first-order chi connectivity index (χ1) is 9.69. The fraction of sp³-hybridized carbons (Fsp3) is 0.133. The van der Waals surface area contributed by atoms with E-state index in [1.54, 1.807) is 18.2 Å². The normalized spacial score (nSPS) is 16.7. The van der Waals surface area contributed by atoms with Gasteiger partial charge in [-0.05, 0) is 18.2 Å². The van der Waals surface area contributed by atoms with Crippen LogP contribution in [0.2, 0.25) is 0 Å². The van der Waals surface area contributed by atoms with Gasteiger partial charge in [0.15, 0.2) is 0 Å². The first kappa shape index (κ1) is 12.6. The molecule has 0 aromatic heterocycles. The smallest absolute Gasteiger partial charge is 0.251 e. The Balaban J connectivity index is 1.94. The molecule has 0 saturated carbocycles. The lowest BCUT2D eigenvalue weighted by Gasteiger charge is -2.15. The number of aliphatic hydroxyl groups is 1. The van der Waals surface area contributed by atoms with Crippen molar-refractivity contribution in [1.82, 2.24) is 0 Å². The molecular formula is C15H13FN2O2. The molecule has 1 heterocycles. The minimum atomic E-state index is -0.585. The van der Waals surface area contributed by atoms with Crippen LogP contribution in [-0.4, -0.2) is 11.0 Å². The number of aliphatic hydroxyl groups excluding tert-OH is 1. The maximum absolute atomic E-state index is 13.2. The number of halogens is 1. The van der Waals surface area contributed by atoms with Gasteiger partial charge in [0.25, 0.3) is 5.91 Å². The van der Waals surface area contributed by atoms with Gasteiger partial charge < -0.3 is 15.7 Å². The number of carbonyl (C=O) groups is 1. The fourth-order valence-corrected chi connectivity index (χ4v) is 2.33. The molecule has 3 N–H and O–H groups in total. The third kappa shape index (κ3) is 2.12. The molecule has 1 atom stereocenters. The number of benzene rings is 2. The Labute approximate surface area is 115 Å². The Hall–Kier alpha value is -2.40. The highest BCUT2D eigenvalue weighted by atomic mass is 19.1. The Morgan fingerprint density at radius 2 is 2.05 bits per heavy atom. The lowest BCUT2D eigenvalue weighted by molar-refractivity contribution is -0.116. The van der Waals surface area contributed by atoms with Gasteiger partial charge in [0.2, 0.25) is 0 Å². The van der Waals surface area contributed by atoms with Gasteiger partial charge in [-0.3, -0.25) is 4.79 Å². The van der Waals surface area contributed by atoms with Crippen LogP contribution in [0, 0.1) is 5.82 Å². The van der Waals surface area contributed by atoms with Crippen molar-refractivity contribution >= 4 is 17.3 Å². The van der Waals surface area contributed by atoms with Crippen LogP contribution < -0.4 is 10.6 Å². The lowest BCUT2D eigenvalue weighted by Crippen LogP contribution is -2.20. The molecule has 1 unspecified atom stereocenters. The van der Waals surface area contributed by atoms with E-state index in [4.69, 9.17) is 0 Å². The SMILES string of the molecule is O=C1Nc2cc(F)ccc2C1Nc1ccccc1CO. The first-order valence-electron chi connectivity index (χ1n) is 6.24. The zero-order chi connectivity index (χ0) is 14.1. The number of amides is 1. The van der Waals surface area contributed by atoms with Crippen LogP contribution in [-0.2, 0) is 11.4 Å². The molecule has 0 saturated heterocycles. The van der Waals surface area contributed by atoms with Crippen molar-refractivity contribution < 1.29 is 14.3 Å². The minimum Gasteiger partial charge on any atom is -0.392 e. The summed E-state index contributed by atoms with van der Waals surface area (Å²) in [5, 5.41) is 15.0. The Morgan fingerprint density at radius 3 is 2.85 bits per heavy atom. The van der Waals surface area contributed by atoms with E-state index in [0.29, 0.717) is 22.5 Å². The molecule has 0 spiro atoms. The summed E-state index contributed by atoms with van der Waals surface area (Å²) < 4.78 is 13.2. The summed E-state index contributed by atoms with van der Waals surface area (Å²) in [5.41, 5.74) is 2.57. The van der Waals surface area contributed by atoms with Crippen molar-refractivity contribution in [3.8, 4) is 0 Å². The predicted molar refractivity (Wildman–Crippen MR) is 73.8 cm³/mol. The molecule has 4 nitrogen and oxygen atoms in total. The van der Waals surface area contributed by atoms with Gasteiger partial charge in [0.1, 0.15) is 11.9 Å².